The van der Waals surface area contributed by atoms with Crippen LogP contribution < -0.4 is 4.90 Å². The molecule has 0 aromatic heterocycles. The van der Waals surface area contributed by atoms with Gasteiger partial charge < -0.3 is 9.64 Å². The largest absolute Gasteiger partial charge is 0.465 e. The van der Waals surface area contributed by atoms with E-state index in [9.17, 15) is 9.18 Å². The maximum Gasteiger partial charge on any atom is 0.320 e. The van der Waals surface area contributed by atoms with Gasteiger partial charge in [-0.1, -0.05) is 0 Å². The van der Waals surface area contributed by atoms with Gasteiger partial charge in [-0.3, -0.25) is 9.69 Å². The maximum absolute atomic E-state index is 13.2. The molecule has 2 rings (SSSR count). The van der Waals surface area contributed by atoms with Crippen LogP contribution in [0.2, 0.25) is 0 Å². The number of rotatable bonds is 4. The fourth-order valence-corrected chi connectivity index (χ4v) is 2.63. The summed E-state index contributed by atoms with van der Waals surface area (Å²) >= 11 is 0. The minimum absolute atomic E-state index is 0.213. The van der Waals surface area contributed by atoms with Gasteiger partial charge in [0.05, 0.1) is 24.4 Å². The first-order valence-corrected chi connectivity index (χ1v) is 7.46. The lowest BCUT2D eigenvalue weighted by atomic mass is 10.1. The Hall–Kier alpha value is -2.13. The Kier molecular flexibility index (Phi) is 5.73. The van der Waals surface area contributed by atoms with Gasteiger partial charge in [-0.15, -0.1) is 0 Å². The van der Waals surface area contributed by atoms with Crippen LogP contribution in [0.25, 0.3) is 0 Å². The first-order chi connectivity index (χ1) is 10.6. The molecule has 0 unspecified atom stereocenters. The number of nitriles is 1. The van der Waals surface area contributed by atoms with Gasteiger partial charge in [-0.05, 0) is 31.5 Å². The molecule has 1 heterocycles. The normalized spacial score (nSPS) is 16.0. The van der Waals surface area contributed by atoms with Gasteiger partial charge in [-0.2, -0.15) is 5.26 Å². The molecule has 1 saturated heterocycles. The SMILES string of the molecule is CCOC(=O)CN1CCCN(c2ccc(F)cc2C#N)CC1. The molecule has 0 amide bonds. The first kappa shape index (κ1) is 16.2. The minimum Gasteiger partial charge on any atom is -0.465 e. The zero-order valence-corrected chi connectivity index (χ0v) is 12.7. The predicted molar refractivity (Wildman–Crippen MR) is 81.0 cm³/mol. The van der Waals surface area contributed by atoms with E-state index in [1.807, 2.05) is 11.0 Å². The first-order valence-electron chi connectivity index (χ1n) is 7.46. The standard InChI is InChI=1S/C16H20FN3O2/c1-2-22-16(21)12-19-6-3-7-20(9-8-19)15-5-4-14(17)10-13(15)11-18/h4-5,10H,2-3,6-9,12H2,1H3. The van der Waals surface area contributed by atoms with Crippen LogP contribution in [0.3, 0.4) is 0 Å². The molecular formula is C16H20FN3O2. The Bertz CT molecular complexity index is 571. The number of carbonyl (C=O) groups excluding carboxylic acids is 1. The number of anilines is 1. The Morgan fingerprint density at radius 3 is 2.91 bits per heavy atom. The molecule has 1 aliphatic rings. The van der Waals surface area contributed by atoms with Gasteiger partial charge in [0, 0.05) is 26.2 Å². The van der Waals surface area contributed by atoms with Crippen molar-refractivity contribution < 1.29 is 13.9 Å². The molecule has 5 nitrogen and oxygen atoms in total. The van der Waals surface area contributed by atoms with E-state index in [0.717, 1.165) is 25.2 Å². The van der Waals surface area contributed by atoms with E-state index in [-0.39, 0.29) is 12.5 Å². The number of hydrogen-bond donors (Lipinski definition) is 0. The van der Waals surface area contributed by atoms with E-state index < -0.39 is 5.82 Å². The predicted octanol–water partition coefficient (Wildman–Crippen LogP) is 1.77. The average Bonchev–Trinajstić information content (AvgIpc) is 2.73. The maximum atomic E-state index is 13.2. The van der Waals surface area contributed by atoms with Crippen LogP contribution in [0.4, 0.5) is 10.1 Å². The van der Waals surface area contributed by atoms with E-state index in [0.29, 0.717) is 25.3 Å². The molecule has 1 aromatic carbocycles. The average molecular weight is 305 g/mol. The summed E-state index contributed by atoms with van der Waals surface area (Å²) in [7, 11) is 0. The Morgan fingerprint density at radius 1 is 1.36 bits per heavy atom. The highest BCUT2D eigenvalue weighted by atomic mass is 19.1. The third kappa shape index (κ3) is 4.18. The molecule has 0 saturated carbocycles. The molecule has 0 N–H and O–H groups in total. The zero-order valence-electron chi connectivity index (χ0n) is 12.7. The van der Waals surface area contributed by atoms with Gasteiger partial charge in [0.15, 0.2) is 0 Å². The van der Waals surface area contributed by atoms with Crippen molar-refractivity contribution in [2.45, 2.75) is 13.3 Å². The molecule has 1 fully saturated rings. The molecule has 118 valence electrons. The topological polar surface area (TPSA) is 56.6 Å². The highest BCUT2D eigenvalue weighted by molar-refractivity contribution is 5.71. The summed E-state index contributed by atoms with van der Waals surface area (Å²) in [6.45, 7) is 5.45. The molecule has 0 radical (unpaired) electrons. The number of benzene rings is 1. The molecule has 0 spiro atoms. The van der Waals surface area contributed by atoms with Crippen LogP contribution >= 0.6 is 0 Å². The molecular weight excluding hydrogens is 285 g/mol. The van der Waals surface area contributed by atoms with Crippen LogP contribution in [-0.2, 0) is 9.53 Å². The van der Waals surface area contributed by atoms with E-state index >= 15 is 0 Å². The highest BCUT2D eigenvalue weighted by Gasteiger charge is 2.19. The molecule has 0 aliphatic carbocycles. The summed E-state index contributed by atoms with van der Waals surface area (Å²) in [5, 5.41) is 9.16. The van der Waals surface area contributed by atoms with E-state index in [1.165, 1.54) is 12.1 Å². The van der Waals surface area contributed by atoms with Crippen LogP contribution in [0, 0.1) is 17.1 Å². The number of esters is 1. The van der Waals surface area contributed by atoms with Crippen LogP contribution in [0.15, 0.2) is 18.2 Å². The second-order valence-electron chi connectivity index (χ2n) is 5.20. The summed E-state index contributed by atoms with van der Waals surface area (Å²) in [6.07, 6.45) is 0.877. The van der Waals surface area contributed by atoms with E-state index in [4.69, 9.17) is 10.00 Å². The number of nitrogens with zero attached hydrogens (tertiary/aromatic N) is 3. The number of hydrogen-bond acceptors (Lipinski definition) is 5. The quantitative estimate of drug-likeness (QED) is 0.794. The van der Waals surface area contributed by atoms with Gasteiger partial charge >= 0.3 is 5.97 Å². The van der Waals surface area contributed by atoms with Crippen molar-refractivity contribution in [3.05, 3.63) is 29.6 Å². The lowest BCUT2D eigenvalue weighted by Gasteiger charge is -2.24. The van der Waals surface area contributed by atoms with Crippen molar-refractivity contribution in [3.63, 3.8) is 0 Å². The summed E-state index contributed by atoms with van der Waals surface area (Å²) in [6, 6.07) is 6.33. The van der Waals surface area contributed by atoms with E-state index in [2.05, 4.69) is 4.90 Å². The van der Waals surface area contributed by atoms with Crippen molar-refractivity contribution in [2.75, 3.05) is 44.2 Å². The Morgan fingerprint density at radius 2 is 2.18 bits per heavy atom. The zero-order chi connectivity index (χ0) is 15.9. The van der Waals surface area contributed by atoms with Gasteiger partial charge in [0.2, 0.25) is 0 Å². The molecule has 22 heavy (non-hydrogen) atoms. The van der Waals surface area contributed by atoms with Crippen molar-refractivity contribution in [1.29, 1.82) is 5.26 Å². The monoisotopic (exact) mass is 305 g/mol. The summed E-state index contributed by atoms with van der Waals surface area (Å²) in [4.78, 5) is 15.7. The lowest BCUT2D eigenvalue weighted by Crippen LogP contribution is -2.35. The number of halogens is 1. The third-order valence-electron chi connectivity index (χ3n) is 3.67. The van der Waals surface area contributed by atoms with Gasteiger partial charge in [-0.25, -0.2) is 4.39 Å². The van der Waals surface area contributed by atoms with Crippen molar-refractivity contribution in [3.8, 4) is 6.07 Å². The second-order valence-corrected chi connectivity index (χ2v) is 5.20. The third-order valence-corrected chi connectivity index (χ3v) is 3.67. The molecule has 0 atom stereocenters. The van der Waals surface area contributed by atoms with Gasteiger partial charge in [0.25, 0.3) is 0 Å². The lowest BCUT2D eigenvalue weighted by molar-refractivity contribution is -0.144. The molecule has 6 heteroatoms. The summed E-state index contributed by atoms with van der Waals surface area (Å²) < 4.78 is 18.2. The Labute approximate surface area is 129 Å². The summed E-state index contributed by atoms with van der Waals surface area (Å²) in [5.74, 6) is -0.616. The second kappa shape index (κ2) is 7.76. The van der Waals surface area contributed by atoms with Crippen LogP contribution in [0.1, 0.15) is 18.9 Å². The Balaban J connectivity index is 2.01. The minimum atomic E-state index is -0.404. The van der Waals surface area contributed by atoms with Crippen molar-refractivity contribution in [2.24, 2.45) is 0 Å². The van der Waals surface area contributed by atoms with E-state index in [1.54, 1.807) is 13.0 Å². The molecule has 1 aliphatic heterocycles. The van der Waals surface area contributed by atoms with Gasteiger partial charge in [0.1, 0.15) is 11.9 Å². The van der Waals surface area contributed by atoms with Crippen molar-refractivity contribution in [1.82, 2.24) is 4.90 Å². The molecule has 0 bridgehead atoms. The fraction of sp³-hybridized carbons (Fsp3) is 0.500. The number of ether oxygens (including phenoxy) is 1. The van der Waals surface area contributed by atoms with Crippen molar-refractivity contribution >= 4 is 11.7 Å². The number of carbonyl (C=O) groups is 1. The van der Waals surface area contributed by atoms with Crippen LogP contribution in [-0.4, -0.2) is 50.2 Å². The highest BCUT2D eigenvalue weighted by Crippen LogP contribution is 2.22. The van der Waals surface area contributed by atoms with Crippen LogP contribution in [0.5, 0.6) is 0 Å². The smallest absolute Gasteiger partial charge is 0.320 e. The summed E-state index contributed by atoms with van der Waals surface area (Å²) in [5.41, 5.74) is 1.10. The molecule has 1 aromatic rings. The fourth-order valence-electron chi connectivity index (χ4n) is 2.63.